The van der Waals surface area contributed by atoms with Crippen LogP contribution in [0.3, 0.4) is 0 Å². The molecule has 3 aromatic carbocycles. The van der Waals surface area contributed by atoms with Crippen LogP contribution in [0.5, 0.6) is 0 Å². The number of halogens is 4. The van der Waals surface area contributed by atoms with E-state index in [0.717, 1.165) is 23.3 Å². The standard InChI is InChI=1S/C22H18F3N3.ClH/c23-17-11-14(12-18(24)19(17)25)13-26-22-27-20(15-7-3-1-4-8-15)21(28-22)16-9-5-2-6-10-16;/h1-12,20-21H,13H2,(H2,26,27,28);1H/t20-,21+;. The van der Waals surface area contributed by atoms with Gasteiger partial charge in [0.1, 0.15) is 6.04 Å². The second kappa shape index (κ2) is 9.01. The fourth-order valence-corrected chi connectivity index (χ4v) is 3.31. The predicted octanol–water partition coefficient (Wildman–Crippen LogP) is 5.06. The maximum Gasteiger partial charge on any atom is 0.194 e. The largest absolute Gasteiger partial charge is 0.352 e. The molecule has 1 heterocycles. The van der Waals surface area contributed by atoms with Crippen molar-refractivity contribution in [1.29, 1.82) is 0 Å². The van der Waals surface area contributed by atoms with Crippen molar-refractivity contribution in [3.05, 3.63) is 107 Å². The minimum absolute atomic E-state index is 0. The summed E-state index contributed by atoms with van der Waals surface area (Å²) >= 11 is 0. The predicted molar refractivity (Wildman–Crippen MR) is 109 cm³/mol. The van der Waals surface area contributed by atoms with Crippen LogP contribution in [0.25, 0.3) is 0 Å². The number of guanidine groups is 1. The fraction of sp³-hybridized carbons (Fsp3) is 0.136. The van der Waals surface area contributed by atoms with Crippen LogP contribution in [0.2, 0.25) is 0 Å². The van der Waals surface area contributed by atoms with Crippen molar-refractivity contribution in [3.63, 3.8) is 0 Å². The lowest BCUT2D eigenvalue weighted by Gasteiger charge is -2.19. The molecule has 3 nitrogen and oxygen atoms in total. The summed E-state index contributed by atoms with van der Waals surface area (Å²) < 4.78 is 40.0. The molecular formula is C22H19ClF3N3. The normalized spacial score (nSPS) is 17.8. The molecule has 7 heteroatoms. The van der Waals surface area contributed by atoms with Gasteiger partial charge in [-0.25, -0.2) is 18.2 Å². The number of hydrogen-bond acceptors (Lipinski definition) is 3. The highest BCUT2D eigenvalue weighted by Crippen LogP contribution is 2.35. The summed E-state index contributed by atoms with van der Waals surface area (Å²) in [6, 6.07) is 21.6. The molecule has 0 bridgehead atoms. The first kappa shape index (κ1) is 20.7. The average Bonchev–Trinajstić information content (AvgIpc) is 3.16. The van der Waals surface area contributed by atoms with E-state index in [4.69, 9.17) is 4.99 Å². The number of hydrogen-bond donors (Lipinski definition) is 2. The average molecular weight is 418 g/mol. The van der Waals surface area contributed by atoms with Gasteiger partial charge >= 0.3 is 0 Å². The summed E-state index contributed by atoms with van der Waals surface area (Å²) in [5.41, 5.74) is 2.43. The van der Waals surface area contributed by atoms with E-state index < -0.39 is 17.5 Å². The Morgan fingerprint density at radius 3 is 1.97 bits per heavy atom. The molecule has 0 spiro atoms. The van der Waals surface area contributed by atoms with Gasteiger partial charge in [-0.1, -0.05) is 60.7 Å². The summed E-state index contributed by atoms with van der Waals surface area (Å²) in [5, 5.41) is 6.40. The third kappa shape index (κ3) is 4.54. The topological polar surface area (TPSA) is 36.4 Å². The molecule has 150 valence electrons. The molecule has 3 aromatic rings. The maximum absolute atomic E-state index is 13.4. The molecule has 0 unspecified atom stereocenters. The Hall–Kier alpha value is -2.99. The molecule has 0 aromatic heterocycles. The van der Waals surface area contributed by atoms with E-state index in [1.165, 1.54) is 0 Å². The van der Waals surface area contributed by atoms with Crippen molar-refractivity contribution >= 4 is 18.4 Å². The van der Waals surface area contributed by atoms with Gasteiger partial charge in [-0.15, -0.1) is 12.4 Å². The Kier molecular flexibility index (Phi) is 6.44. The summed E-state index contributed by atoms with van der Waals surface area (Å²) in [6.07, 6.45) is 0. The van der Waals surface area contributed by atoms with Crippen molar-refractivity contribution in [2.45, 2.75) is 18.6 Å². The van der Waals surface area contributed by atoms with Gasteiger partial charge in [0.15, 0.2) is 23.4 Å². The first-order valence-corrected chi connectivity index (χ1v) is 8.93. The molecule has 4 rings (SSSR count). The zero-order chi connectivity index (χ0) is 19.5. The molecule has 2 N–H and O–H groups in total. The molecule has 0 amide bonds. The molecule has 0 radical (unpaired) electrons. The zero-order valence-corrected chi connectivity index (χ0v) is 16.1. The Labute approximate surface area is 173 Å². The van der Waals surface area contributed by atoms with E-state index >= 15 is 0 Å². The third-order valence-corrected chi connectivity index (χ3v) is 4.68. The number of rotatable bonds is 4. The van der Waals surface area contributed by atoms with Crippen LogP contribution >= 0.6 is 12.4 Å². The Balaban J connectivity index is 0.00000240. The first-order chi connectivity index (χ1) is 13.6. The van der Waals surface area contributed by atoms with Gasteiger partial charge in [-0.05, 0) is 28.8 Å². The van der Waals surface area contributed by atoms with E-state index in [-0.39, 0.29) is 31.0 Å². The van der Waals surface area contributed by atoms with Crippen LogP contribution in [0, 0.1) is 17.5 Å². The number of nitrogens with one attached hydrogen (secondary N) is 2. The molecule has 0 fully saturated rings. The SMILES string of the molecule is Cl.Fc1cc(CNC2=N[C@H](c3ccccc3)[C@H](c3ccccc3)N2)cc(F)c1F. The van der Waals surface area contributed by atoms with Crippen LogP contribution in [0.4, 0.5) is 13.2 Å². The highest BCUT2D eigenvalue weighted by atomic mass is 35.5. The van der Waals surface area contributed by atoms with Crippen LogP contribution in [-0.2, 0) is 6.54 Å². The maximum atomic E-state index is 13.4. The van der Waals surface area contributed by atoms with Crippen molar-refractivity contribution in [2.75, 3.05) is 0 Å². The van der Waals surface area contributed by atoms with Crippen molar-refractivity contribution in [1.82, 2.24) is 10.6 Å². The quantitative estimate of drug-likeness (QED) is 0.582. The molecule has 1 aliphatic heterocycles. The molecule has 0 aliphatic carbocycles. The summed E-state index contributed by atoms with van der Waals surface area (Å²) in [5.74, 6) is -3.36. The smallest absolute Gasteiger partial charge is 0.194 e. The Morgan fingerprint density at radius 1 is 0.828 bits per heavy atom. The van der Waals surface area contributed by atoms with Gasteiger partial charge in [0.05, 0.1) is 6.04 Å². The minimum atomic E-state index is -1.46. The van der Waals surface area contributed by atoms with Crippen LogP contribution in [0.1, 0.15) is 28.8 Å². The molecule has 1 aliphatic rings. The zero-order valence-electron chi connectivity index (χ0n) is 15.3. The lowest BCUT2D eigenvalue weighted by Crippen LogP contribution is -2.35. The van der Waals surface area contributed by atoms with Gasteiger partial charge in [0.2, 0.25) is 0 Å². The molecule has 0 saturated carbocycles. The molecule has 0 saturated heterocycles. The van der Waals surface area contributed by atoms with Crippen LogP contribution in [-0.4, -0.2) is 5.96 Å². The van der Waals surface area contributed by atoms with Gasteiger partial charge < -0.3 is 10.6 Å². The monoisotopic (exact) mass is 417 g/mol. The van der Waals surface area contributed by atoms with Crippen molar-refractivity contribution < 1.29 is 13.2 Å². The number of nitrogens with zero attached hydrogens (tertiary/aromatic N) is 1. The van der Waals surface area contributed by atoms with Crippen molar-refractivity contribution in [2.24, 2.45) is 4.99 Å². The van der Waals surface area contributed by atoms with E-state index in [0.29, 0.717) is 11.5 Å². The minimum Gasteiger partial charge on any atom is -0.352 e. The van der Waals surface area contributed by atoms with Crippen LogP contribution in [0.15, 0.2) is 77.8 Å². The lowest BCUT2D eigenvalue weighted by atomic mass is 9.95. The van der Waals surface area contributed by atoms with Crippen molar-refractivity contribution in [3.8, 4) is 0 Å². The summed E-state index contributed by atoms with van der Waals surface area (Å²) in [4.78, 5) is 4.73. The second-order valence-electron chi connectivity index (χ2n) is 6.59. The van der Waals surface area contributed by atoms with Gasteiger partial charge in [0.25, 0.3) is 0 Å². The Bertz CT molecular complexity index is 974. The summed E-state index contributed by atoms with van der Waals surface area (Å²) in [6.45, 7) is 0.114. The van der Waals surface area contributed by atoms with Crippen LogP contribution < -0.4 is 10.6 Å². The fourth-order valence-electron chi connectivity index (χ4n) is 3.31. The first-order valence-electron chi connectivity index (χ1n) is 8.93. The third-order valence-electron chi connectivity index (χ3n) is 4.68. The Morgan fingerprint density at radius 2 is 1.38 bits per heavy atom. The highest BCUT2D eigenvalue weighted by Gasteiger charge is 2.31. The van der Waals surface area contributed by atoms with E-state index in [1.807, 2.05) is 60.7 Å². The van der Waals surface area contributed by atoms with E-state index in [2.05, 4.69) is 10.6 Å². The molecule has 2 atom stereocenters. The summed E-state index contributed by atoms with van der Waals surface area (Å²) in [7, 11) is 0. The number of aliphatic imine (C=N–C) groups is 1. The lowest BCUT2D eigenvalue weighted by molar-refractivity contribution is 0.445. The number of benzene rings is 3. The van der Waals surface area contributed by atoms with Gasteiger partial charge in [-0.2, -0.15) is 0 Å². The highest BCUT2D eigenvalue weighted by molar-refractivity contribution is 5.85. The second-order valence-corrected chi connectivity index (χ2v) is 6.59. The molecule has 29 heavy (non-hydrogen) atoms. The van der Waals surface area contributed by atoms with E-state index in [1.54, 1.807) is 0 Å². The molecular weight excluding hydrogens is 399 g/mol. The van der Waals surface area contributed by atoms with E-state index in [9.17, 15) is 13.2 Å². The van der Waals surface area contributed by atoms with Gasteiger partial charge in [-0.3, -0.25) is 0 Å². The van der Waals surface area contributed by atoms with Gasteiger partial charge in [0, 0.05) is 6.54 Å².